The van der Waals surface area contributed by atoms with E-state index >= 15 is 0 Å². The summed E-state index contributed by atoms with van der Waals surface area (Å²) in [5.41, 5.74) is 3.49. The van der Waals surface area contributed by atoms with Crippen LogP contribution in [0.15, 0.2) is 36.4 Å². The van der Waals surface area contributed by atoms with Crippen LogP contribution in [0.5, 0.6) is 5.75 Å². The predicted octanol–water partition coefficient (Wildman–Crippen LogP) is 3.69. The van der Waals surface area contributed by atoms with Crippen LogP contribution in [0.2, 0.25) is 0 Å². The summed E-state index contributed by atoms with van der Waals surface area (Å²) in [6.45, 7) is 10.1. The van der Waals surface area contributed by atoms with E-state index in [1.165, 1.54) is 11.4 Å². The number of ether oxygens (including phenoxy) is 3. The van der Waals surface area contributed by atoms with Crippen molar-refractivity contribution in [3.05, 3.63) is 53.3 Å². The summed E-state index contributed by atoms with van der Waals surface area (Å²) >= 11 is 0. The van der Waals surface area contributed by atoms with Crippen LogP contribution in [-0.2, 0) is 27.2 Å². The quantitative estimate of drug-likeness (QED) is 0.607. The van der Waals surface area contributed by atoms with E-state index in [9.17, 15) is 4.79 Å². The van der Waals surface area contributed by atoms with Gasteiger partial charge in [-0.15, -0.1) is 0 Å². The summed E-state index contributed by atoms with van der Waals surface area (Å²) in [6, 6.07) is 12.0. The normalized spacial score (nSPS) is 12.0. The highest BCUT2D eigenvalue weighted by Gasteiger charge is 2.20. The van der Waals surface area contributed by atoms with Crippen LogP contribution in [-0.4, -0.2) is 36.5 Å². The van der Waals surface area contributed by atoms with Gasteiger partial charge in [-0.05, 0) is 57.5 Å². The first-order valence-electron chi connectivity index (χ1n) is 9.17. The number of rotatable bonds is 10. The largest absolute Gasteiger partial charge is 0.492 e. The van der Waals surface area contributed by atoms with E-state index in [1.54, 1.807) is 6.92 Å². The van der Waals surface area contributed by atoms with Gasteiger partial charge in [-0.3, -0.25) is 0 Å². The summed E-state index contributed by atoms with van der Waals surface area (Å²) < 4.78 is 18.7. The third-order valence-electron chi connectivity index (χ3n) is 4.26. The molecule has 2 rings (SSSR count). The average molecular weight is 359 g/mol. The molecule has 1 heterocycles. The molecule has 0 aliphatic carbocycles. The number of aryl methyl sites for hydroxylation is 2. The Balaban J connectivity index is 1.87. The smallest absolute Gasteiger partial charge is 0.335 e. The minimum atomic E-state index is -0.564. The number of carbonyl (C=O) groups is 1. The molecule has 0 unspecified atom stereocenters. The number of carbonyl (C=O) groups excluding carboxylic acids is 1. The zero-order valence-electron chi connectivity index (χ0n) is 16.2. The lowest BCUT2D eigenvalue weighted by atomic mass is 10.1. The standard InChI is InChI=1S/C21H29NO4/c1-5-24-20(21(23)25-6-2)15-18-9-11-19(12-10-18)26-14-13-22-16(3)7-8-17(22)4/h7-12,20H,5-6,13-15H2,1-4H3/t20-/m1/s1. The minimum Gasteiger partial charge on any atom is -0.492 e. The molecule has 2 aromatic rings. The van der Waals surface area contributed by atoms with Crippen LogP contribution >= 0.6 is 0 Å². The van der Waals surface area contributed by atoms with Crippen molar-refractivity contribution in [1.82, 2.24) is 4.57 Å². The fraction of sp³-hybridized carbons (Fsp3) is 0.476. The number of aromatic nitrogens is 1. The molecule has 0 N–H and O–H groups in total. The maximum Gasteiger partial charge on any atom is 0.335 e. The van der Waals surface area contributed by atoms with E-state index in [0.29, 0.717) is 26.2 Å². The molecule has 1 atom stereocenters. The third kappa shape index (κ3) is 5.63. The zero-order chi connectivity index (χ0) is 18.9. The maximum atomic E-state index is 11.9. The highest BCUT2D eigenvalue weighted by atomic mass is 16.6. The number of hydrogen-bond acceptors (Lipinski definition) is 4. The lowest BCUT2D eigenvalue weighted by molar-refractivity contribution is -0.156. The molecule has 0 spiro atoms. The molecule has 0 radical (unpaired) electrons. The van der Waals surface area contributed by atoms with Gasteiger partial charge in [0.25, 0.3) is 0 Å². The van der Waals surface area contributed by atoms with Crippen molar-refractivity contribution in [1.29, 1.82) is 0 Å². The first-order valence-corrected chi connectivity index (χ1v) is 9.17. The van der Waals surface area contributed by atoms with Gasteiger partial charge in [0.1, 0.15) is 12.4 Å². The van der Waals surface area contributed by atoms with Gasteiger partial charge in [0.15, 0.2) is 6.10 Å². The first-order chi connectivity index (χ1) is 12.5. The Labute approximate surface area is 155 Å². The van der Waals surface area contributed by atoms with E-state index in [4.69, 9.17) is 14.2 Å². The molecular formula is C21H29NO4. The molecule has 0 saturated heterocycles. The van der Waals surface area contributed by atoms with E-state index in [2.05, 4.69) is 30.5 Å². The van der Waals surface area contributed by atoms with Crippen LogP contribution < -0.4 is 4.74 Å². The van der Waals surface area contributed by atoms with Crippen molar-refractivity contribution in [2.75, 3.05) is 19.8 Å². The van der Waals surface area contributed by atoms with E-state index < -0.39 is 6.10 Å². The van der Waals surface area contributed by atoms with Gasteiger partial charge in [0.05, 0.1) is 13.2 Å². The summed E-state index contributed by atoms with van der Waals surface area (Å²) in [6.07, 6.45) is -0.0688. The SMILES string of the molecule is CCOC(=O)[C@@H](Cc1ccc(OCCn2c(C)ccc2C)cc1)OCC. The van der Waals surface area contributed by atoms with Crippen molar-refractivity contribution >= 4 is 5.97 Å². The summed E-state index contributed by atoms with van der Waals surface area (Å²) in [7, 11) is 0. The summed E-state index contributed by atoms with van der Waals surface area (Å²) in [5.74, 6) is 0.507. The number of benzene rings is 1. The van der Waals surface area contributed by atoms with Crippen LogP contribution in [0.3, 0.4) is 0 Å². The molecular weight excluding hydrogens is 330 g/mol. The molecule has 0 fully saturated rings. The second-order valence-corrected chi connectivity index (χ2v) is 6.16. The highest BCUT2D eigenvalue weighted by Crippen LogP contribution is 2.15. The molecule has 26 heavy (non-hydrogen) atoms. The second kappa shape index (κ2) is 10.0. The Hall–Kier alpha value is -2.27. The van der Waals surface area contributed by atoms with Crippen LogP contribution in [0, 0.1) is 13.8 Å². The molecule has 142 valence electrons. The van der Waals surface area contributed by atoms with Crippen molar-refractivity contribution < 1.29 is 19.0 Å². The van der Waals surface area contributed by atoms with Crippen molar-refractivity contribution in [2.24, 2.45) is 0 Å². The molecule has 0 saturated carbocycles. The Kier molecular flexibility index (Phi) is 7.73. The van der Waals surface area contributed by atoms with Gasteiger partial charge in [0.2, 0.25) is 0 Å². The van der Waals surface area contributed by atoms with Gasteiger partial charge >= 0.3 is 5.97 Å². The maximum absolute atomic E-state index is 11.9. The fourth-order valence-corrected chi connectivity index (χ4v) is 2.89. The van der Waals surface area contributed by atoms with Crippen molar-refractivity contribution in [3.63, 3.8) is 0 Å². The van der Waals surface area contributed by atoms with Gasteiger partial charge < -0.3 is 18.8 Å². The molecule has 0 amide bonds. The van der Waals surface area contributed by atoms with Gasteiger partial charge in [0, 0.05) is 24.4 Å². The number of nitrogens with zero attached hydrogens (tertiary/aromatic N) is 1. The third-order valence-corrected chi connectivity index (χ3v) is 4.26. The Bertz CT molecular complexity index is 671. The van der Waals surface area contributed by atoms with Crippen LogP contribution in [0.25, 0.3) is 0 Å². The molecule has 5 nitrogen and oxygen atoms in total. The molecule has 1 aromatic carbocycles. The fourth-order valence-electron chi connectivity index (χ4n) is 2.89. The van der Waals surface area contributed by atoms with Gasteiger partial charge in [-0.1, -0.05) is 12.1 Å². The summed E-state index contributed by atoms with van der Waals surface area (Å²) in [5, 5.41) is 0. The molecule has 1 aromatic heterocycles. The summed E-state index contributed by atoms with van der Waals surface area (Å²) in [4.78, 5) is 11.9. The van der Waals surface area contributed by atoms with Gasteiger partial charge in [-0.2, -0.15) is 0 Å². The van der Waals surface area contributed by atoms with Crippen molar-refractivity contribution in [3.8, 4) is 5.75 Å². The number of esters is 1. The average Bonchev–Trinajstić information content (AvgIpc) is 2.95. The minimum absolute atomic E-state index is 0.313. The molecule has 0 aliphatic rings. The van der Waals surface area contributed by atoms with E-state index in [0.717, 1.165) is 17.9 Å². The van der Waals surface area contributed by atoms with E-state index in [-0.39, 0.29) is 5.97 Å². The molecule has 0 bridgehead atoms. The predicted molar refractivity (Wildman–Crippen MR) is 102 cm³/mol. The highest BCUT2D eigenvalue weighted by molar-refractivity contribution is 5.75. The zero-order valence-corrected chi connectivity index (χ0v) is 16.2. The lowest BCUT2D eigenvalue weighted by Gasteiger charge is -2.16. The first kappa shape index (κ1) is 20.0. The lowest BCUT2D eigenvalue weighted by Crippen LogP contribution is -2.28. The van der Waals surface area contributed by atoms with E-state index in [1.807, 2.05) is 31.2 Å². The second-order valence-electron chi connectivity index (χ2n) is 6.16. The Morgan fingerprint density at radius 2 is 1.65 bits per heavy atom. The van der Waals surface area contributed by atoms with Crippen LogP contribution in [0.4, 0.5) is 0 Å². The van der Waals surface area contributed by atoms with Crippen LogP contribution in [0.1, 0.15) is 30.8 Å². The molecule has 0 aliphatic heterocycles. The Morgan fingerprint density at radius 1 is 1.00 bits per heavy atom. The number of hydrogen-bond donors (Lipinski definition) is 0. The van der Waals surface area contributed by atoms with Crippen molar-refractivity contribution in [2.45, 2.75) is 46.8 Å². The van der Waals surface area contributed by atoms with Gasteiger partial charge in [-0.25, -0.2) is 4.79 Å². The Morgan fingerprint density at radius 3 is 2.23 bits per heavy atom. The molecule has 5 heteroatoms. The topological polar surface area (TPSA) is 49.7 Å². The monoisotopic (exact) mass is 359 g/mol.